The van der Waals surface area contributed by atoms with Gasteiger partial charge in [-0.3, -0.25) is 0 Å². The van der Waals surface area contributed by atoms with E-state index < -0.39 is 0 Å². The summed E-state index contributed by atoms with van der Waals surface area (Å²) in [6.07, 6.45) is 2.02. The molecule has 3 heteroatoms. The summed E-state index contributed by atoms with van der Waals surface area (Å²) in [6.45, 7) is 3.99. The molecule has 0 bridgehead atoms. The average Bonchev–Trinajstić information content (AvgIpc) is 2.35. The molecule has 0 saturated heterocycles. The monoisotopic (exact) mass is 187 g/mol. The minimum atomic E-state index is 0.582. The van der Waals surface area contributed by atoms with Crippen LogP contribution >= 0.6 is 22.9 Å². The predicted octanol–water partition coefficient (Wildman–Crippen LogP) is 3.09. The summed E-state index contributed by atoms with van der Waals surface area (Å²) in [5.74, 6) is 0.582. The highest BCUT2D eigenvalue weighted by molar-refractivity contribution is 7.10. The smallest absolute Gasteiger partial charge is 0.116 e. The third-order valence-corrected chi connectivity index (χ3v) is 2.55. The predicted molar refractivity (Wildman–Crippen MR) is 51.2 cm³/mol. The maximum Gasteiger partial charge on any atom is 0.116 e. The Labute approximate surface area is 75.7 Å². The molecule has 11 heavy (non-hydrogen) atoms. The van der Waals surface area contributed by atoms with Crippen LogP contribution in [-0.2, 0) is 0 Å². The van der Waals surface area contributed by atoms with Gasteiger partial charge in [-0.25, -0.2) is 4.98 Å². The van der Waals surface area contributed by atoms with Gasteiger partial charge in [0, 0.05) is 17.0 Å². The second-order valence-corrected chi connectivity index (χ2v) is 3.61. The molecule has 1 aromatic rings. The number of hydrogen-bond donors (Lipinski definition) is 0. The van der Waals surface area contributed by atoms with Gasteiger partial charge in [-0.1, -0.05) is 5.57 Å². The second-order valence-electron chi connectivity index (χ2n) is 2.45. The number of alkyl halides is 1. The van der Waals surface area contributed by atoms with Crippen LogP contribution in [0.5, 0.6) is 0 Å². The zero-order valence-electron chi connectivity index (χ0n) is 6.60. The van der Waals surface area contributed by atoms with E-state index in [1.807, 2.05) is 25.3 Å². The molecule has 0 radical (unpaired) electrons. The van der Waals surface area contributed by atoms with Crippen LogP contribution in [-0.4, -0.2) is 10.9 Å². The minimum Gasteiger partial charge on any atom is -0.242 e. The van der Waals surface area contributed by atoms with Gasteiger partial charge >= 0.3 is 0 Å². The first-order valence-electron chi connectivity index (χ1n) is 3.37. The third kappa shape index (κ3) is 2.64. The van der Waals surface area contributed by atoms with Gasteiger partial charge in [0.05, 0.1) is 0 Å². The van der Waals surface area contributed by atoms with E-state index in [2.05, 4.69) is 4.98 Å². The van der Waals surface area contributed by atoms with E-state index in [0.29, 0.717) is 5.88 Å². The van der Waals surface area contributed by atoms with Crippen LogP contribution in [0.3, 0.4) is 0 Å². The molecule has 60 valence electrons. The molecule has 0 aliphatic rings. The van der Waals surface area contributed by atoms with E-state index in [1.165, 1.54) is 0 Å². The number of aromatic nitrogens is 1. The maximum atomic E-state index is 5.62. The van der Waals surface area contributed by atoms with Gasteiger partial charge < -0.3 is 0 Å². The van der Waals surface area contributed by atoms with Crippen molar-refractivity contribution in [3.63, 3.8) is 0 Å². The maximum absolute atomic E-state index is 5.62. The Morgan fingerprint density at radius 1 is 1.82 bits per heavy atom. The lowest BCUT2D eigenvalue weighted by Gasteiger charge is -1.88. The highest BCUT2D eigenvalue weighted by Crippen LogP contribution is 2.13. The zero-order chi connectivity index (χ0) is 8.27. The van der Waals surface area contributed by atoms with Crippen molar-refractivity contribution in [2.45, 2.75) is 13.8 Å². The number of hydrogen-bond acceptors (Lipinski definition) is 2. The number of halogens is 1. The van der Waals surface area contributed by atoms with Crippen molar-refractivity contribution in [3.05, 3.63) is 21.7 Å². The SMILES string of the molecule is C/C(=C\c1nc(C)cs1)CCl. The summed E-state index contributed by atoms with van der Waals surface area (Å²) in [5, 5.41) is 3.08. The van der Waals surface area contributed by atoms with Gasteiger partial charge in [-0.05, 0) is 19.9 Å². The zero-order valence-corrected chi connectivity index (χ0v) is 8.17. The van der Waals surface area contributed by atoms with Crippen LogP contribution in [0, 0.1) is 6.92 Å². The summed E-state index contributed by atoms with van der Waals surface area (Å²) in [5.41, 5.74) is 2.23. The number of thiazole rings is 1. The molecule has 0 amide bonds. The van der Waals surface area contributed by atoms with Gasteiger partial charge in [0.15, 0.2) is 0 Å². The minimum absolute atomic E-state index is 0.582. The molecule has 1 rings (SSSR count). The molecule has 0 aliphatic carbocycles. The molecule has 0 fully saturated rings. The fourth-order valence-corrected chi connectivity index (χ4v) is 1.57. The fourth-order valence-electron chi connectivity index (χ4n) is 0.688. The summed E-state index contributed by atoms with van der Waals surface area (Å²) < 4.78 is 0. The molecule has 1 aromatic heterocycles. The van der Waals surface area contributed by atoms with Crippen LogP contribution in [0.25, 0.3) is 6.08 Å². The molecule has 0 spiro atoms. The lowest BCUT2D eigenvalue weighted by atomic mass is 10.3. The topological polar surface area (TPSA) is 12.9 Å². The van der Waals surface area contributed by atoms with E-state index in [4.69, 9.17) is 11.6 Å². The van der Waals surface area contributed by atoms with Crippen molar-refractivity contribution in [2.75, 3.05) is 5.88 Å². The molecule has 0 aromatic carbocycles. The van der Waals surface area contributed by atoms with Gasteiger partial charge in [-0.2, -0.15) is 0 Å². The third-order valence-electron chi connectivity index (χ3n) is 1.22. The largest absolute Gasteiger partial charge is 0.242 e. The van der Waals surface area contributed by atoms with Gasteiger partial charge in [0.25, 0.3) is 0 Å². The second kappa shape index (κ2) is 3.88. The quantitative estimate of drug-likeness (QED) is 0.649. The van der Waals surface area contributed by atoms with Gasteiger partial charge in [0.1, 0.15) is 5.01 Å². The Bertz CT molecular complexity index is 265. The van der Waals surface area contributed by atoms with Crippen molar-refractivity contribution in [1.82, 2.24) is 4.98 Å². The lowest BCUT2D eigenvalue weighted by Crippen LogP contribution is -1.77. The van der Waals surface area contributed by atoms with Crippen molar-refractivity contribution in [1.29, 1.82) is 0 Å². The highest BCUT2D eigenvalue weighted by atomic mass is 35.5. The summed E-state index contributed by atoms with van der Waals surface area (Å²) in [6, 6.07) is 0. The molecule has 0 unspecified atom stereocenters. The van der Waals surface area contributed by atoms with Crippen molar-refractivity contribution in [3.8, 4) is 0 Å². The van der Waals surface area contributed by atoms with E-state index in [-0.39, 0.29) is 0 Å². The molecular formula is C8H10ClNS. The van der Waals surface area contributed by atoms with Crippen LogP contribution in [0.1, 0.15) is 17.6 Å². The molecule has 1 heterocycles. The van der Waals surface area contributed by atoms with Crippen molar-refractivity contribution >= 4 is 29.0 Å². The van der Waals surface area contributed by atoms with Gasteiger partial charge in [-0.15, -0.1) is 22.9 Å². The Morgan fingerprint density at radius 3 is 3.00 bits per heavy atom. The van der Waals surface area contributed by atoms with Crippen LogP contribution in [0.4, 0.5) is 0 Å². The Balaban J connectivity index is 2.78. The molecular weight excluding hydrogens is 178 g/mol. The normalized spacial score (nSPS) is 12.1. The standard InChI is InChI=1S/C8H10ClNS/c1-6(4-9)3-8-10-7(2)5-11-8/h3,5H,4H2,1-2H3/b6-3+. The van der Waals surface area contributed by atoms with E-state index >= 15 is 0 Å². The molecule has 0 saturated carbocycles. The average molecular weight is 188 g/mol. The van der Waals surface area contributed by atoms with E-state index in [9.17, 15) is 0 Å². The number of allylic oxidation sites excluding steroid dienone is 1. The molecule has 1 nitrogen and oxygen atoms in total. The van der Waals surface area contributed by atoms with Crippen LogP contribution in [0.2, 0.25) is 0 Å². The number of aryl methyl sites for hydroxylation is 1. The first-order chi connectivity index (χ1) is 5.22. The summed E-state index contributed by atoms with van der Waals surface area (Å²) in [4.78, 5) is 4.28. The first kappa shape index (κ1) is 8.75. The number of nitrogens with zero attached hydrogens (tertiary/aromatic N) is 1. The highest BCUT2D eigenvalue weighted by Gasteiger charge is 1.94. The molecule has 0 aliphatic heterocycles. The Kier molecular flexibility index (Phi) is 3.09. The number of rotatable bonds is 2. The van der Waals surface area contributed by atoms with Crippen molar-refractivity contribution in [2.24, 2.45) is 0 Å². The first-order valence-corrected chi connectivity index (χ1v) is 4.79. The van der Waals surface area contributed by atoms with Gasteiger partial charge in [0.2, 0.25) is 0 Å². The molecule has 0 atom stereocenters. The van der Waals surface area contributed by atoms with E-state index in [1.54, 1.807) is 11.3 Å². The summed E-state index contributed by atoms with van der Waals surface area (Å²) in [7, 11) is 0. The van der Waals surface area contributed by atoms with Crippen molar-refractivity contribution < 1.29 is 0 Å². The summed E-state index contributed by atoms with van der Waals surface area (Å²) >= 11 is 7.26. The Hall–Kier alpha value is -0.340. The van der Waals surface area contributed by atoms with Crippen LogP contribution in [0.15, 0.2) is 11.0 Å². The molecule has 0 N–H and O–H groups in total. The van der Waals surface area contributed by atoms with Crippen LogP contribution < -0.4 is 0 Å². The Morgan fingerprint density at radius 2 is 2.55 bits per heavy atom. The van der Waals surface area contributed by atoms with E-state index in [0.717, 1.165) is 16.3 Å². The fraction of sp³-hybridized carbons (Fsp3) is 0.375. The lowest BCUT2D eigenvalue weighted by molar-refractivity contribution is 1.25.